The minimum absolute atomic E-state index is 0.194. The number of aryl methyl sites for hydroxylation is 1. The van der Waals surface area contributed by atoms with Crippen LogP contribution in [0.25, 0.3) is 10.2 Å². The third-order valence-corrected chi connectivity index (χ3v) is 4.58. The van der Waals surface area contributed by atoms with E-state index in [9.17, 15) is 0 Å². The van der Waals surface area contributed by atoms with Gasteiger partial charge in [-0.25, -0.2) is 9.97 Å². The van der Waals surface area contributed by atoms with Crippen molar-refractivity contribution in [2.75, 3.05) is 18.1 Å². The van der Waals surface area contributed by atoms with Gasteiger partial charge in [0, 0.05) is 22.6 Å². The maximum absolute atomic E-state index is 9.02. The van der Waals surface area contributed by atoms with Crippen LogP contribution < -0.4 is 5.73 Å². The molecule has 0 saturated heterocycles. The molecule has 1 atom stereocenters. The van der Waals surface area contributed by atoms with Crippen LogP contribution in [0.5, 0.6) is 0 Å². The van der Waals surface area contributed by atoms with E-state index in [0.29, 0.717) is 5.95 Å². The van der Waals surface area contributed by atoms with E-state index in [0.717, 1.165) is 21.0 Å². The lowest BCUT2D eigenvalue weighted by molar-refractivity contribution is 0.250. The molecule has 2 rings (SSSR count). The molecule has 6 heteroatoms. The molecule has 0 fully saturated rings. The van der Waals surface area contributed by atoms with Gasteiger partial charge in [0.05, 0.1) is 0 Å². The summed E-state index contributed by atoms with van der Waals surface area (Å²) >= 11 is 3.25. The molecule has 0 spiro atoms. The number of nitrogen functional groups attached to an aromatic ring is 1. The number of hydrogen-bond acceptors (Lipinski definition) is 6. The predicted molar refractivity (Wildman–Crippen MR) is 73.5 cm³/mol. The largest absolute Gasteiger partial charge is 0.396 e. The van der Waals surface area contributed by atoms with Gasteiger partial charge >= 0.3 is 0 Å². The Kier molecular flexibility index (Phi) is 3.86. The topological polar surface area (TPSA) is 72.0 Å². The monoisotopic (exact) mass is 269 g/mol. The Morgan fingerprint density at radius 2 is 2.29 bits per heavy atom. The molecule has 0 amide bonds. The highest BCUT2D eigenvalue weighted by atomic mass is 32.2. The zero-order chi connectivity index (χ0) is 12.4. The second-order valence-corrected chi connectivity index (χ2v) is 6.31. The molecule has 0 saturated carbocycles. The molecule has 0 aliphatic carbocycles. The third-order valence-electron chi connectivity index (χ3n) is 2.31. The van der Waals surface area contributed by atoms with Gasteiger partial charge in [0.2, 0.25) is 5.95 Å². The van der Waals surface area contributed by atoms with E-state index in [1.807, 2.05) is 13.8 Å². The van der Waals surface area contributed by atoms with Crippen molar-refractivity contribution in [3.8, 4) is 0 Å². The number of aliphatic hydroxyl groups excluding tert-OH is 1. The van der Waals surface area contributed by atoms with Crippen LogP contribution in [0.1, 0.15) is 11.8 Å². The van der Waals surface area contributed by atoms with Crippen molar-refractivity contribution in [1.82, 2.24) is 9.97 Å². The van der Waals surface area contributed by atoms with Crippen LogP contribution >= 0.6 is 23.1 Å². The van der Waals surface area contributed by atoms with Crippen LogP contribution in [0, 0.1) is 12.8 Å². The highest BCUT2D eigenvalue weighted by molar-refractivity contribution is 7.99. The fraction of sp³-hybridized carbons (Fsp3) is 0.455. The van der Waals surface area contributed by atoms with E-state index in [2.05, 4.69) is 16.0 Å². The summed E-state index contributed by atoms with van der Waals surface area (Å²) < 4.78 is 0. The van der Waals surface area contributed by atoms with E-state index in [-0.39, 0.29) is 12.5 Å². The molecule has 4 nitrogen and oxygen atoms in total. The van der Waals surface area contributed by atoms with E-state index >= 15 is 0 Å². The van der Waals surface area contributed by atoms with E-state index in [1.54, 1.807) is 23.1 Å². The fourth-order valence-electron chi connectivity index (χ4n) is 1.42. The zero-order valence-electron chi connectivity index (χ0n) is 9.80. The lowest BCUT2D eigenvalue weighted by atomic mass is 10.2. The number of aliphatic hydroxyl groups is 1. The van der Waals surface area contributed by atoms with E-state index in [4.69, 9.17) is 10.8 Å². The minimum Gasteiger partial charge on any atom is -0.396 e. The molecule has 0 aromatic carbocycles. The molecule has 0 aliphatic rings. The maximum Gasteiger partial charge on any atom is 0.222 e. The first-order chi connectivity index (χ1) is 8.10. The molecule has 92 valence electrons. The molecule has 3 N–H and O–H groups in total. The molecule has 0 radical (unpaired) electrons. The number of anilines is 1. The molecule has 2 aromatic rings. The zero-order valence-corrected chi connectivity index (χ0v) is 11.4. The molecule has 2 heterocycles. The van der Waals surface area contributed by atoms with Gasteiger partial charge in [-0.3, -0.25) is 0 Å². The Morgan fingerprint density at radius 1 is 1.53 bits per heavy atom. The standard InChI is InChI=1S/C11H15N3OS2/c1-6(4-15)5-16-9-8-3-7(2)17-10(8)14-11(12)13-9/h3,6,15H,4-5H2,1-2H3,(H2,12,13,14). The van der Waals surface area contributed by atoms with Crippen LogP contribution in [0.3, 0.4) is 0 Å². The highest BCUT2D eigenvalue weighted by Crippen LogP contribution is 2.32. The highest BCUT2D eigenvalue weighted by Gasteiger charge is 2.11. The number of thioether (sulfide) groups is 1. The summed E-state index contributed by atoms with van der Waals surface area (Å²) in [6, 6.07) is 2.09. The van der Waals surface area contributed by atoms with Crippen molar-refractivity contribution >= 4 is 39.3 Å². The summed E-state index contributed by atoms with van der Waals surface area (Å²) in [7, 11) is 0. The number of nitrogens with zero attached hydrogens (tertiary/aromatic N) is 2. The van der Waals surface area contributed by atoms with Gasteiger partial charge in [0.15, 0.2) is 0 Å². The lowest BCUT2D eigenvalue weighted by Gasteiger charge is -2.07. The van der Waals surface area contributed by atoms with Gasteiger partial charge in [-0.15, -0.1) is 23.1 Å². The van der Waals surface area contributed by atoms with Crippen molar-refractivity contribution in [2.45, 2.75) is 18.9 Å². The van der Waals surface area contributed by atoms with Gasteiger partial charge in [0.1, 0.15) is 9.86 Å². The van der Waals surface area contributed by atoms with Crippen molar-refractivity contribution in [3.05, 3.63) is 10.9 Å². The number of aromatic nitrogens is 2. The Labute approximate surface area is 108 Å². The number of nitrogens with two attached hydrogens (primary N) is 1. The minimum atomic E-state index is 0.194. The summed E-state index contributed by atoms with van der Waals surface area (Å²) in [6.07, 6.45) is 0. The molecule has 0 bridgehead atoms. The van der Waals surface area contributed by atoms with Gasteiger partial charge in [0.25, 0.3) is 0 Å². The third kappa shape index (κ3) is 2.88. The molecular weight excluding hydrogens is 254 g/mol. The number of thiophene rings is 1. The van der Waals surface area contributed by atoms with Crippen molar-refractivity contribution in [3.63, 3.8) is 0 Å². The first-order valence-corrected chi connectivity index (χ1v) is 7.17. The van der Waals surface area contributed by atoms with Crippen LogP contribution in [0.2, 0.25) is 0 Å². The smallest absolute Gasteiger partial charge is 0.222 e. The SMILES string of the molecule is Cc1cc2c(SCC(C)CO)nc(N)nc2s1. The second kappa shape index (κ2) is 5.20. The van der Waals surface area contributed by atoms with Crippen molar-refractivity contribution in [1.29, 1.82) is 0 Å². The normalized spacial score (nSPS) is 13.1. The van der Waals surface area contributed by atoms with Gasteiger partial charge in [-0.2, -0.15) is 0 Å². The number of rotatable bonds is 4. The van der Waals surface area contributed by atoms with Gasteiger partial charge < -0.3 is 10.8 Å². The van der Waals surface area contributed by atoms with Gasteiger partial charge in [-0.1, -0.05) is 6.92 Å². The van der Waals surface area contributed by atoms with Crippen LogP contribution in [-0.4, -0.2) is 27.4 Å². The summed E-state index contributed by atoms with van der Waals surface area (Å²) in [5.74, 6) is 1.40. The summed E-state index contributed by atoms with van der Waals surface area (Å²) in [6.45, 7) is 4.25. The van der Waals surface area contributed by atoms with Crippen LogP contribution in [0.4, 0.5) is 5.95 Å². The van der Waals surface area contributed by atoms with Crippen LogP contribution in [-0.2, 0) is 0 Å². The lowest BCUT2D eigenvalue weighted by Crippen LogP contribution is -2.04. The Morgan fingerprint density at radius 3 is 3.00 bits per heavy atom. The molecule has 2 aromatic heterocycles. The van der Waals surface area contributed by atoms with E-state index < -0.39 is 0 Å². The summed E-state index contributed by atoms with van der Waals surface area (Å²) in [4.78, 5) is 10.6. The predicted octanol–water partition coefficient (Wildman–Crippen LogP) is 2.30. The first kappa shape index (κ1) is 12.6. The average Bonchev–Trinajstić information content (AvgIpc) is 2.65. The second-order valence-electron chi connectivity index (χ2n) is 4.06. The first-order valence-electron chi connectivity index (χ1n) is 5.37. The van der Waals surface area contributed by atoms with Crippen molar-refractivity contribution in [2.24, 2.45) is 5.92 Å². The van der Waals surface area contributed by atoms with Crippen molar-refractivity contribution < 1.29 is 5.11 Å². The van der Waals surface area contributed by atoms with E-state index in [1.165, 1.54) is 4.88 Å². The Balaban J connectivity index is 2.31. The average molecular weight is 269 g/mol. The van der Waals surface area contributed by atoms with Crippen LogP contribution in [0.15, 0.2) is 11.1 Å². The number of hydrogen-bond donors (Lipinski definition) is 2. The maximum atomic E-state index is 9.02. The van der Waals surface area contributed by atoms with Gasteiger partial charge in [-0.05, 0) is 18.9 Å². The molecule has 17 heavy (non-hydrogen) atoms. The quantitative estimate of drug-likeness (QED) is 0.658. The Hall–Kier alpha value is -0.850. The molecular formula is C11H15N3OS2. The molecule has 1 unspecified atom stereocenters. The molecule has 0 aliphatic heterocycles. The Bertz CT molecular complexity index is 527. The summed E-state index contributed by atoms with van der Waals surface area (Å²) in [5, 5.41) is 11.0. The fourth-order valence-corrected chi connectivity index (χ4v) is 3.38. The number of fused-ring (bicyclic) bond motifs is 1. The summed E-state index contributed by atoms with van der Waals surface area (Å²) in [5.41, 5.74) is 5.69.